The SMILES string of the molecule is NC(=O)c1ccccc1CN(C(=O)c1cncc(F)c1)[C@@H]1CCc2c(F)cc(Cl)cc21. The van der Waals surface area contributed by atoms with Crippen molar-refractivity contribution < 1.29 is 18.4 Å². The molecule has 5 nitrogen and oxygen atoms in total. The van der Waals surface area contributed by atoms with Crippen LogP contribution in [-0.4, -0.2) is 21.7 Å². The van der Waals surface area contributed by atoms with Crippen LogP contribution in [0.5, 0.6) is 0 Å². The number of pyridine rings is 1. The molecule has 0 unspecified atom stereocenters. The molecule has 0 spiro atoms. The van der Waals surface area contributed by atoms with E-state index in [0.717, 1.165) is 12.3 Å². The quantitative estimate of drug-likeness (QED) is 0.635. The van der Waals surface area contributed by atoms with Crippen molar-refractivity contribution in [3.8, 4) is 0 Å². The van der Waals surface area contributed by atoms with E-state index < -0.39 is 29.5 Å². The third kappa shape index (κ3) is 4.14. The second kappa shape index (κ2) is 8.43. The molecule has 2 aromatic carbocycles. The van der Waals surface area contributed by atoms with Crippen LogP contribution >= 0.6 is 11.6 Å². The van der Waals surface area contributed by atoms with E-state index in [-0.39, 0.29) is 22.7 Å². The van der Waals surface area contributed by atoms with E-state index in [9.17, 15) is 18.4 Å². The van der Waals surface area contributed by atoms with Gasteiger partial charge in [0.15, 0.2) is 0 Å². The largest absolute Gasteiger partial charge is 0.366 e. The Morgan fingerprint density at radius 2 is 1.94 bits per heavy atom. The first-order valence-corrected chi connectivity index (χ1v) is 10.00. The van der Waals surface area contributed by atoms with Crippen LogP contribution in [0.15, 0.2) is 54.9 Å². The lowest BCUT2D eigenvalue weighted by molar-refractivity contribution is 0.0655. The van der Waals surface area contributed by atoms with E-state index in [2.05, 4.69) is 4.98 Å². The number of fused-ring (bicyclic) bond motifs is 1. The molecule has 4 rings (SSSR count). The lowest BCUT2D eigenvalue weighted by Crippen LogP contribution is -2.34. The monoisotopic (exact) mass is 441 g/mol. The van der Waals surface area contributed by atoms with Gasteiger partial charge in [0.05, 0.1) is 17.8 Å². The van der Waals surface area contributed by atoms with Crippen LogP contribution in [0.1, 0.15) is 49.9 Å². The van der Waals surface area contributed by atoms with Gasteiger partial charge in [-0.3, -0.25) is 14.6 Å². The predicted molar refractivity (Wildman–Crippen MR) is 112 cm³/mol. The number of benzene rings is 2. The number of primary amides is 1. The summed E-state index contributed by atoms with van der Waals surface area (Å²) in [5.41, 5.74) is 7.44. The Morgan fingerprint density at radius 3 is 2.68 bits per heavy atom. The van der Waals surface area contributed by atoms with Crippen molar-refractivity contribution in [1.82, 2.24) is 9.88 Å². The van der Waals surface area contributed by atoms with Gasteiger partial charge in [0.25, 0.3) is 5.91 Å². The van der Waals surface area contributed by atoms with Crippen molar-refractivity contribution in [3.63, 3.8) is 0 Å². The van der Waals surface area contributed by atoms with Crippen LogP contribution in [-0.2, 0) is 13.0 Å². The van der Waals surface area contributed by atoms with Gasteiger partial charge in [0, 0.05) is 23.3 Å². The van der Waals surface area contributed by atoms with Crippen molar-refractivity contribution in [3.05, 3.63) is 99.3 Å². The summed E-state index contributed by atoms with van der Waals surface area (Å²) in [6, 6.07) is 10.1. The molecule has 1 heterocycles. The van der Waals surface area contributed by atoms with E-state index in [1.165, 1.54) is 17.2 Å². The Morgan fingerprint density at radius 1 is 1.16 bits per heavy atom. The maximum atomic E-state index is 14.5. The zero-order chi connectivity index (χ0) is 22.1. The van der Waals surface area contributed by atoms with Crippen LogP contribution in [0.2, 0.25) is 5.02 Å². The van der Waals surface area contributed by atoms with E-state index >= 15 is 0 Å². The van der Waals surface area contributed by atoms with Gasteiger partial charge in [-0.2, -0.15) is 0 Å². The molecule has 0 aliphatic heterocycles. The van der Waals surface area contributed by atoms with E-state index in [0.29, 0.717) is 29.5 Å². The number of rotatable bonds is 5. The van der Waals surface area contributed by atoms with Crippen molar-refractivity contribution >= 4 is 23.4 Å². The molecule has 31 heavy (non-hydrogen) atoms. The second-order valence-electron chi connectivity index (χ2n) is 7.36. The van der Waals surface area contributed by atoms with E-state index in [1.807, 2.05) is 0 Å². The summed E-state index contributed by atoms with van der Waals surface area (Å²) in [7, 11) is 0. The van der Waals surface area contributed by atoms with Gasteiger partial charge < -0.3 is 10.6 Å². The van der Waals surface area contributed by atoms with Crippen LogP contribution in [0.3, 0.4) is 0 Å². The number of hydrogen-bond acceptors (Lipinski definition) is 3. The van der Waals surface area contributed by atoms with E-state index in [4.69, 9.17) is 17.3 Å². The maximum absolute atomic E-state index is 14.5. The molecule has 2 N–H and O–H groups in total. The van der Waals surface area contributed by atoms with Gasteiger partial charge in [-0.15, -0.1) is 0 Å². The topological polar surface area (TPSA) is 76.3 Å². The van der Waals surface area contributed by atoms with Gasteiger partial charge in [-0.1, -0.05) is 29.8 Å². The minimum atomic E-state index is -0.649. The number of carbonyl (C=O) groups excluding carboxylic acids is 2. The van der Waals surface area contributed by atoms with Crippen LogP contribution in [0, 0.1) is 11.6 Å². The van der Waals surface area contributed by atoms with Crippen molar-refractivity contribution in [2.75, 3.05) is 0 Å². The Balaban J connectivity index is 1.80. The van der Waals surface area contributed by atoms with Crippen LogP contribution in [0.25, 0.3) is 0 Å². The van der Waals surface area contributed by atoms with Crippen molar-refractivity contribution in [1.29, 1.82) is 0 Å². The molecule has 3 aromatic rings. The number of amides is 2. The highest BCUT2D eigenvalue weighted by Gasteiger charge is 2.34. The Labute approximate surface area is 182 Å². The normalized spacial score (nSPS) is 14.9. The number of nitrogens with zero attached hydrogens (tertiary/aromatic N) is 2. The first-order chi connectivity index (χ1) is 14.8. The van der Waals surface area contributed by atoms with Crippen molar-refractivity contribution in [2.45, 2.75) is 25.4 Å². The third-order valence-corrected chi connectivity index (χ3v) is 5.65. The summed E-state index contributed by atoms with van der Waals surface area (Å²) in [6.07, 6.45) is 3.15. The number of aromatic nitrogens is 1. The highest BCUT2D eigenvalue weighted by molar-refractivity contribution is 6.30. The fourth-order valence-corrected chi connectivity index (χ4v) is 4.26. The number of nitrogens with two attached hydrogens (primary N) is 1. The molecular weight excluding hydrogens is 424 g/mol. The standard InChI is InChI=1S/C23H18ClF2N3O2/c24-15-8-19-18(20(26)9-15)5-6-21(19)29(23(31)14-7-16(25)11-28-10-14)12-13-3-1-2-4-17(13)22(27)30/h1-4,7-11,21H,5-6,12H2,(H2,27,30)/t21-/m1/s1. The average Bonchev–Trinajstić information content (AvgIpc) is 3.15. The summed E-state index contributed by atoms with van der Waals surface area (Å²) < 4.78 is 28.2. The summed E-state index contributed by atoms with van der Waals surface area (Å²) in [5.74, 6) is -2.20. The van der Waals surface area contributed by atoms with Gasteiger partial charge >= 0.3 is 0 Å². The second-order valence-corrected chi connectivity index (χ2v) is 7.79. The molecule has 1 aromatic heterocycles. The van der Waals surface area contributed by atoms with Crippen LogP contribution < -0.4 is 5.73 Å². The molecule has 1 aliphatic carbocycles. The Bertz CT molecular complexity index is 1190. The molecule has 1 aliphatic rings. The highest BCUT2D eigenvalue weighted by atomic mass is 35.5. The van der Waals surface area contributed by atoms with Gasteiger partial charge in [0.2, 0.25) is 5.91 Å². The number of halogens is 3. The lowest BCUT2D eigenvalue weighted by atomic mass is 10.0. The smallest absolute Gasteiger partial charge is 0.256 e. The average molecular weight is 442 g/mol. The van der Waals surface area contributed by atoms with E-state index in [1.54, 1.807) is 30.3 Å². The molecule has 0 bridgehead atoms. The van der Waals surface area contributed by atoms with Gasteiger partial charge in [0.1, 0.15) is 11.6 Å². The van der Waals surface area contributed by atoms with Crippen molar-refractivity contribution in [2.24, 2.45) is 5.73 Å². The summed E-state index contributed by atoms with van der Waals surface area (Å²) in [5, 5.41) is 0.223. The molecule has 0 fully saturated rings. The molecule has 1 atom stereocenters. The Hall–Kier alpha value is -3.32. The maximum Gasteiger partial charge on any atom is 0.256 e. The molecule has 2 amide bonds. The zero-order valence-corrected chi connectivity index (χ0v) is 17.1. The molecule has 0 saturated carbocycles. The predicted octanol–water partition coefficient (Wildman–Crippen LogP) is 4.44. The first kappa shape index (κ1) is 20.9. The molecule has 8 heteroatoms. The number of hydrogen-bond donors (Lipinski definition) is 1. The minimum Gasteiger partial charge on any atom is -0.366 e. The molecular formula is C23H18ClF2N3O2. The van der Waals surface area contributed by atoms with Crippen LogP contribution in [0.4, 0.5) is 8.78 Å². The highest BCUT2D eigenvalue weighted by Crippen LogP contribution is 2.40. The summed E-state index contributed by atoms with van der Waals surface area (Å²) >= 11 is 6.08. The minimum absolute atomic E-state index is 0.0205. The summed E-state index contributed by atoms with van der Waals surface area (Å²) in [4.78, 5) is 30.6. The lowest BCUT2D eigenvalue weighted by Gasteiger charge is -2.30. The fraction of sp³-hybridized carbons (Fsp3) is 0.174. The van der Waals surface area contributed by atoms with Gasteiger partial charge in [-0.25, -0.2) is 8.78 Å². The fourth-order valence-electron chi connectivity index (χ4n) is 4.05. The first-order valence-electron chi connectivity index (χ1n) is 9.62. The molecule has 158 valence electrons. The van der Waals surface area contributed by atoms with Gasteiger partial charge in [-0.05, 0) is 53.8 Å². The third-order valence-electron chi connectivity index (χ3n) is 5.43. The molecule has 0 radical (unpaired) electrons. The molecule has 0 saturated heterocycles. The Kier molecular flexibility index (Phi) is 5.69. The summed E-state index contributed by atoms with van der Waals surface area (Å²) in [6.45, 7) is 0.0205. The zero-order valence-electron chi connectivity index (χ0n) is 16.3. The number of carbonyl (C=O) groups is 2.